The molecule has 0 radical (unpaired) electrons. The Hall–Kier alpha value is -1.26. The van der Waals surface area contributed by atoms with Crippen molar-refractivity contribution in [3.05, 3.63) is 29.8 Å². The van der Waals surface area contributed by atoms with Crippen molar-refractivity contribution in [3.63, 3.8) is 0 Å². The van der Waals surface area contributed by atoms with E-state index >= 15 is 0 Å². The molecule has 1 aromatic carbocycles. The Morgan fingerprint density at radius 1 is 1.41 bits per heavy atom. The number of carbonyl (C=O) groups is 1. The van der Waals surface area contributed by atoms with Crippen molar-refractivity contribution in [3.8, 4) is 5.75 Å². The highest BCUT2D eigenvalue weighted by Gasteiger charge is 2.20. The van der Waals surface area contributed by atoms with E-state index in [-0.39, 0.29) is 24.2 Å². The van der Waals surface area contributed by atoms with Crippen molar-refractivity contribution in [2.24, 2.45) is 0 Å². The van der Waals surface area contributed by atoms with Crippen LogP contribution in [0, 0.1) is 0 Å². The van der Waals surface area contributed by atoms with Crippen molar-refractivity contribution >= 4 is 18.3 Å². The molecule has 22 heavy (non-hydrogen) atoms. The summed E-state index contributed by atoms with van der Waals surface area (Å²) in [7, 11) is 1.66. The van der Waals surface area contributed by atoms with Crippen LogP contribution >= 0.6 is 12.4 Å². The van der Waals surface area contributed by atoms with Gasteiger partial charge in [-0.1, -0.05) is 19.1 Å². The van der Waals surface area contributed by atoms with E-state index < -0.39 is 0 Å². The van der Waals surface area contributed by atoms with Gasteiger partial charge in [-0.3, -0.25) is 4.79 Å². The molecule has 1 aliphatic heterocycles. The highest BCUT2D eigenvalue weighted by molar-refractivity contribution is 5.85. The number of piperidine rings is 1. The number of benzene rings is 1. The standard InChI is InChI=1S/C17H26N2O2.ClH/c1-12(14-4-6-16(21-3)7-5-14)10-17(20)19-15-8-9-18-13(2)11-15;/h4-7,12-13,15,18H,8-11H2,1-3H3,(H,19,20);1H. The quantitative estimate of drug-likeness (QED) is 0.874. The maximum atomic E-state index is 12.2. The van der Waals surface area contributed by atoms with Gasteiger partial charge in [0.15, 0.2) is 0 Å². The van der Waals surface area contributed by atoms with Gasteiger partial charge in [0.1, 0.15) is 5.75 Å². The third kappa shape index (κ3) is 5.50. The lowest BCUT2D eigenvalue weighted by Crippen LogP contribution is -2.46. The number of nitrogens with one attached hydrogen (secondary N) is 2. The fraction of sp³-hybridized carbons (Fsp3) is 0.588. The lowest BCUT2D eigenvalue weighted by atomic mass is 9.96. The number of hydrogen-bond donors (Lipinski definition) is 2. The number of methoxy groups -OCH3 is 1. The Balaban J connectivity index is 0.00000242. The minimum Gasteiger partial charge on any atom is -0.497 e. The molecule has 0 aliphatic carbocycles. The molecule has 0 spiro atoms. The predicted molar refractivity (Wildman–Crippen MR) is 91.9 cm³/mol. The van der Waals surface area contributed by atoms with E-state index in [9.17, 15) is 4.79 Å². The second-order valence-electron chi connectivity index (χ2n) is 6.02. The molecule has 2 rings (SSSR count). The molecular weight excluding hydrogens is 300 g/mol. The van der Waals surface area contributed by atoms with Crippen LogP contribution in [0.1, 0.15) is 44.6 Å². The number of ether oxygens (including phenoxy) is 1. The van der Waals surface area contributed by atoms with Gasteiger partial charge in [0.05, 0.1) is 7.11 Å². The summed E-state index contributed by atoms with van der Waals surface area (Å²) in [4.78, 5) is 12.2. The summed E-state index contributed by atoms with van der Waals surface area (Å²) in [5.74, 6) is 1.21. The molecule has 5 heteroatoms. The van der Waals surface area contributed by atoms with Gasteiger partial charge < -0.3 is 15.4 Å². The maximum Gasteiger partial charge on any atom is 0.220 e. The molecule has 124 valence electrons. The SMILES string of the molecule is COc1ccc(C(C)CC(=O)NC2CCNC(C)C2)cc1.Cl. The lowest BCUT2D eigenvalue weighted by molar-refractivity contribution is -0.122. The zero-order valence-electron chi connectivity index (χ0n) is 13.6. The first-order valence-corrected chi connectivity index (χ1v) is 7.75. The molecule has 1 aromatic rings. The topological polar surface area (TPSA) is 50.4 Å². The molecule has 1 fully saturated rings. The van der Waals surface area contributed by atoms with Gasteiger partial charge in [-0.15, -0.1) is 12.4 Å². The zero-order valence-corrected chi connectivity index (χ0v) is 14.4. The van der Waals surface area contributed by atoms with E-state index in [0.29, 0.717) is 18.5 Å². The second kappa shape index (κ2) is 9.01. The van der Waals surface area contributed by atoms with Crippen LogP contribution in [-0.4, -0.2) is 31.6 Å². The normalized spacial score (nSPS) is 22.3. The Labute approximate surface area is 139 Å². The lowest BCUT2D eigenvalue weighted by Gasteiger charge is -2.29. The number of halogens is 1. The van der Waals surface area contributed by atoms with Gasteiger partial charge in [-0.05, 0) is 49.9 Å². The summed E-state index contributed by atoms with van der Waals surface area (Å²) < 4.78 is 5.16. The molecule has 0 aromatic heterocycles. The predicted octanol–water partition coefficient (Wildman–Crippen LogP) is 2.87. The van der Waals surface area contributed by atoms with Crippen LogP contribution < -0.4 is 15.4 Å². The Kier molecular flexibility index (Phi) is 7.69. The van der Waals surface area contributed by atoms with Crippen LogP contribution in [0.2, 0.25) is 0 Å². The first-order valence-electron chi connectivity index (χ1n) is 7.75. The van der Waals surface area contributed by atoms with E-state index in [1.807, 2.05) is 24.3 Å². The van der Waals surface area contributed by atoms with Crippen molar-refractivity contribution in [1.82, 2.24) is 10.6 Å². The van der Waals surface area contributed by atoms with E-state index in [1.54, 1.807) is 7.11 Å². The molecule has 3 atom stereocenters. The highest BCUT2D eigenvalue weighted by atomic mass is 35.5. The van der Waals surface area contributed by atoms with Gasteiger partial charge in [-0.2, -0.15) is 0 Å². The van der Waals surface area contributed by atoms with Crippen molar-refractivity contribution in [2.75, 3.05) is 13.7 Å². The number of carbonyl (C=O) groups excluding carboxylic acids is 1. The summed E-state index contributed by atoms with van der Waals surface area (Å²) >= 11 is 0. The van der Waals surface area contributed by atoms with Crippen LogP contribution in [0.25, 0.3) is 0 Å². The number of hydrogen-bond acceptors (Lipinski definition) is 3. The molecule has 2 N–H and O–H groups in total. The van der Waals surface area contributed by atoms with Crippen LogP contribution in [-0.2, 0) is 4.79 Å². The van der Waals surface area contributed by atoms with Gasteiger partial charge in [0.25, 0.3) is 0 Å². The molecule has 1 amide bonds. The van der Waals surface area contributed by atoms with Crippen molar-refractivity contribution < 1.29 is 9.53 Å². The fourth-order valence-electron chi connectivity index (χ4n) is 2.88. The summed E-state index contributed by atoms with van der Waals surface area (Å²) in [6.07, 6.45) is 2.57. The first-order chi connectivity index (χ1) is 10.1. The molecule has 3 unspecified atom stereocenters. The Morgan fingerprint density at radius 3 is 2.68 bits per heavy atom. The number of amides is 1. The van der Waals surface area contributed by atoms with Crippen molar-refractivity contribution in [2.45, 2.75) is 51.1 Å². The van der Waals surface area contributed by atoms with E-state index in [0.717, 1.165) is 25.1 Å². The van der Waals surface area contributed by atoms with Crippen molar-refractivity contribution in [1.29, 1.82) is 0 Å². The fourth-order valence-corrected chi connectivity index (χ4v) is 2.88. The largest absolute Gasteiger partial charge is 0.497 e. The highest BCUT2D eigenvalue weighted by Crippen LogP contribution is 2.22. The van der Waals surface area contributed by atoms with E-state index in [1.165, 1.54) is 5.56 Å². The van der Waals surface area contributed by atoms with Crippen LogP contribution in [0.3, 0.4) is 0 Å². The summed E-state index contributed by atoms with van der Waals surface area (Å²) in [5, 5.41) is 6.57. The summed E-state index contributed by atoms with van der Waals surface area (Å²) in [5.41, 5.74) is 1.17. The Morgan fingerprint density at radius 2 is 2.09 bits per heavy atom. The Bertz CT molecular complexity index is 464. The van der Waals surface area contributed by atoms with Gasteiger partial charge in [0.2, 0.25) is 5.91 Å². The maximum absolute atomic E-state index is 12.2. The monoisotopic (exact) mass is 326 g/mol. The third-order valence-electron chi connectivity index (χ3n) is 4.17. The second-order valence-corrected chi connectivity index (χ2v) is 6.02. The average molecular weight is 327 g/mol. The number of rotatable bonds is 5. The molecule has 0 bridgehead atoms. The average Bonchev–Trinajstić information content (AvgIpc) is 2.47. The third-order valence-corrected chi connectivity index (χ3v) is 4.17. The molecule has 1 saturated heterocycles. The zero-order chi connectivity index (χ0) is 15.2. The van der Waals surface area contributed by atoms with Gasteiger partial charge in [0, 0.05) is 18.5 Å². The summed E-state index contributed by atoms with van der Waals surface area (Å²) in [6, 6.07) is 8.75. The van der Waals surface area contributed by atoms with Crippen LogP contribution in [0.4, 0.5) is 0 Å². The molecular formula is C17H27ClN2O2. The smallest absolute Gasteiger partial charge is 0.220 e. The van der Waals surface area contributed by atoms with Crippen LogP contribution in [0.15, 0.2) is 24.3 Å². The minimum atomic E-state index is 0. The minimum absolute atomic E-state index is 0. The molecule has 1 heterocycles. The van der Waals surface area contributed by atoms with E-state index in [4.69, 9.17) is 4.74 Å². The molecule has 1 aliphatic rings. The van der Waals surface area contributed by atoms with E-state index in [2.05, 4.69) is 24.5 Å². The molecule has 0 saturated carbocycles. The van der Waals surface area contributed by atoms with Gasteiger partial charge in [-0.25, -0.2) is 0 Å². The summed E-state index contributed by atoms with van der Waals surface area (Å²) in [6.45, 7) is 5.24. The van der Waals surface area contributed by atoms with Crippen LogP contribution in [0.5, 0.6) is 5.75 Å². The van der Waals surface area contributed by atoms with Gasteiger partial charge >= 0.3 is 0 Å². The molecule has 4 nitrogen and oxygen atoms in total. The first kappa shape index (κ1) is 18.8.